The molecule has 0 saturated heterocycles. The molecule has 0 radical (unpaired) electrons. The van der Waals surface area contributed by atoms with Gasteiger partial charge in [-0.2, -0.15) is 0 Å². The standard InChI is InChI=1S/C5H10O5.2C3H6/c6-1-2-9-3-4-10-5(7)8;2*1-3-2/h6H,1-4H2,(H,7,8);2*3H,1H2,2H3/p-1. The monoisotopic (exact) mass is 233 g/mol. The van der Waals surface area contributed by atoms with Crippen LogP contribution in [-0.4, -0.2) is 37.7 Å². The molecule has 0 aliphatic carbocycles. The Bertz CT molecular complexity index is 150. The first-order chi connectivity index (χ1) is 7.60. The molecule has 5 heteroatoms. The van der Waals surface area contributed by atoms with E-state index < -0.39 is 6.16 Å². The van der Waals surface area contributed by atoms with E-state index in [1.807, 2.05) is 13.8 Å². The molecule has 0 aromatic rings. The highest BCUT2D eigenvalue weighted by molar-refractivity contribution is 5.53. The van der Waals surface area contributed by atoms with Gasteiger partial charge < -0.3 is 24.5 Å². The van der Waals surface area contributed by atoms with Gasteiger partial charge in [-0.25, -0.2) is 0 Å². The molecule has 0 heterocycles. The molecule has 0 amide bonds. The number of carbonyl (C=O) groups is 1. The van der Waals surface area contributed by atoms with Crippen molar-refractivity contribution in [3.05, 3.63) is 25.3 Å². The summed E-state index contributed by atoms with van der Waals surface area (Å²) < 4.78 is 8.65. The van der Waals surface area contributed by atoms with Gasteiger partial charge in [0.2, 0.25) is 0 Å². The van der Waals surface area contributed by atoms with Gasteiger partial charge >= 0.3 is 0 Å². The van der Waals surface area contributed by atoms with E-state index in [4.69, 9.17) is 5.11 Å². The smallest absolute Gasteiger partial charge is 0.252 e. The van der Waals surface area contributed by atoms with Crippen LogP contribution in [0.5, 0.6) is 0 Å². The first-order valence-electron chi connectivity index (χ1n) is 4.77. The molecule has 16 heavy (non-hydrogen) atoms. The fourth-order valence-electron chi connectivity index (χ4n) is 0.351. The maximum Gasteiger partial charge on any atom is 0.252 e. The van der Waals surface area contributed by atoms with Crippen LogP contribution in [0.3, 0.4) is 0 Å². The number of allylic oxidation sites excluding steroid dienone is 2. The third kappa shape index (κ3) is 53.7. The lowest BCUT2D eigenvalue weighted by Gasteiger charge is -2.06. The number of aliphatic hydroxyl groups excluding tert-OH is 1. The second kappa shape index (κ2) is 23.5. The Balaban J connectivity index is -0.000000235. The van der Waals surface area contributed by atoms with E-state index in [9.17, 15) is 9.90 Å². The lowest BCUT2D eigenvalue weighted by molar-refractivity contribution is -0.283. The van der Waals surface area contributed by atoms with Crippen LogP contribution in [0.4, 0.5) is 4.79 Å². The third-order valence-corrected chi connectivity index (χ3v) is 0.683. The summed E-state index contributed by atoms with van der Waals surface area (Å²) in [5.74, 6) is 0. The van der Waals surface area contributed by atoms with Crippen LogP contribution in [0, 0.1) is 0 Å². The summed E-state index contributed by atoms with van der Waals surface area (Å²) in [5, 5.41) is 17.8. The topological polar surface area (TPSA) is 78.8 Å². The quantitative estimate of drug-likeness (QED) is 0.430. The fraction of sp³-hybridized carbons (Fsp3) is 0.545. The van der Waals surface area contributed by atoms with Crippen LogP contribution < -0.4 is 5.11 Å². The van der Waals surface area contributed by atoms with Crippen LogP contribution in [-0.2, 0) is 9.47 Å². The van der Waals surface area contributed by atoms with E-state index in [1.54, 1.807) is 12.2 Å². The van der Waals surface area contributed by atoms with Crippen molar-refractivity contribution in [1.29, 1.82) is 0 Å². The van der Waals surface area contributed by atoms with E-state index in [1.165, 1.54) is 0 Å². The van der Waals surface area contributed by atoms with Crippen molar-refractivity contribution in [3.8, 4) is 0 Å². The number of hydrogen-bond donors (Lipinski definition) is 1. The Morgan fingerprint density at radius 2 is 1.69 bits per heavy atom. The predicted molar refractivity (Wildman–Crippen MR) is 61.0 cm³/mol. The molecule has 0 fully saturated rings. The van der Waals surface area contributed by atoms with Gasteiger partial charge in [0.05, 0.1) is 26.4 Å². The van der Waals surface area contributed by atoms with Gasteiger partial charge in [-0.15, -0.1) is 13.2 Å². The van der Waals surface area contributed by atoms with Gasteiger partial charge in [-0.05, 0) is 13.8 Å². The molecule has 0 aromatic heterocycles. The van der Waals surface area contributed by atoms with E-state index >= 15 is 0 Å². The third-order valence-electron chi connectivity index (χ3n) is 0.683. The molecule has 0 spiro atoms. The average molecular weight is 233 g/mol. The maximum absolute atomic E-state index is 9.59. The SMILES string of the molecule is C=CC.C=CC.O=C([O-])OCCOCCO. The molecule has 0 saturated carbocycles. The van der Waals surface area contributed by atoms with Crippen molar-refractivity contribution < 1.29 is 24.5 Å². The van der Waals surface area contributed by atoms with Gasteiger partial charge in [-0.3, -0.25) is 0 Å². The molecule has 0 aliphatic heterocycles. The van der Waals surface area contributed by atoms with Crippen molar-refractivity contribution in [3.63, 3.8) is 0 Å². The maximum atomic E-state index is 9.59. The lowest BCUT2D eigenvalue weighted by atomic mass is 10.7. The number of carbonyl (C=O) groups excluding carboxylic acids is 1. The summed E-state index contributed by atoms with van der Waals surface area (Å²) in [6.07, 6.45) is 1.94. The van der Waals surface area contributed by atoms with E-state index in [2.05, 4.69) is 22.6 Å². The van der Waals surface area contributed by atoms with Crippen LogP contribution in [0.1, 0.15) is 13.8 Å². The lowest BCUT2D eigenvalue weighted by Crippen LogP contribution is -2.25. The second-order valence-electron chi connectivity index (χ2n) is 2.25. The summed E-state index contributed by atoms with van der Waals surface area (Å²) in [4.78, 5) is 9.59. The van der Waals surface area contributed by atoms with E-state index in [0.717, 1.165) is 0 Å². The zero-order chi connectivity index (χ0) is 13.2. The summed E-state index contributed by atoms with van der Waals surface area (Å²) in [7, 11) is 0. The highest BCUT2D eigenvalue weighted by Gasteiger charge is 1.85. The van der Waals surface area contributed by atoms with Crippen LogP contribution >= 0.6 is 0 Å². The highest BCUT2D eigenvalue weighted by atomic mass is 16.7. The fourth-order valence-corrected chi connectivity index (χ4v) is 0.351. The summed E-state index contributed by atoms with van der Waals surface area (Å²) in [6, 6.07) is 0. The predicted octanol–water partition coefficient (Wildman–Crippen LogP) is 0.740. The molecule has 0 bridgehead atoms. The summed E-state index contributed by atoms with van der Waals surface area (Å²) in [6.45, 7) is 10.7. The minimum absolute atomic E-state index is 0.0532. The van der Waals surface area contributed by atoms with E-state index in [-0.39, 0.29) is 26.4 Å². The molecule has 0 unspecified atom stereocenters. The van der Waals surface area contributed by atoms with Crippen molar-refractivity contribution in [1.82, 2.24) is 0 Å². The highest BCUT2D eigenvalue weighted by Crippen LogP contribution is 1.76. The summed E-state index contributed by atoms with van der Waals surface area (Å²) in [5.41, 5.74) is 0. The van der Waals surface area contributed by atoms with Crippen molar-refractivity contribution in [2.45, 2.75) is 13.8 Å². The molecule has 0 rings (SSSR count). The van der Waals surface area contributed by atoms with Gasteiger partial charge in [-0.1, -0.05) is 12.2 Å². The number of rotatable bonds is 5. The molecule has 0 aliphatic rings. The number of aliphatic hydroxyl groups is 1. The largest absolute Gasteiger partial charge is 0.547 e. The van der Waals surface area contributed by atoms with Crippen molar-refractivity contribution in [2.24, 2.45) is 0 Å². The Morgan fingerprint density at radius 1 is 1.25 bits per heavy atom. The van der Waals surface area contributed by atoms with Gasteiger partial charge in [0.1, 0.15) is 0 Å². The van der Waals surface area contributed by atoms with Gasteiger partial charge in [0.25, 0.3) is 6.16 Å². The van der Waals surface area contributed by atoms with Crippen molar-refractivity contribution in [2.75, 3.05) is 26.4 Å². The Kier molecular flexibility index (Phi) is 29.5. The first kappa shape index (κ1) is 20.1. The zero-order valence-electron chi connectivity index (χ0n) is 9.98. The molecule has 96 valence electrons. The normalized spacial score (nSPS) is 7.44. The van der Waals surface area contributed by atoms with Crippen LogP contribution in [0.15, 0.2) is 25.3 Å². The molecule has 5 nitrogen and oxygen atoms in total. The Morgan fingerprint density at radius 3 is 2.00 bits per heavy atom. The Hall–Kier alpha value is -1.33. The zero-order valence-corrected chi connectivity index (χ0v) is 9.98. The second-order valence-corrected chi connectivity index (χ2v) is 2.25. The number of ether oxygens (including phenoxy) is 2. The van der Waals surface area contributed by atoms with Gasteiger partial charge in [0.15, 0.2) is 0 Å². The molecular formula is C11H21O5-. The average Bonchev–Trinajstić information content (AvgIpc) is 2.19. The Labute approximate surface area is 97.0 Å². The molecule has 0 atom stereocenters. The van der Waals surface area contributed by atoms with Crippen LogP contribution in [0.2, 0.25) is 0 Å². The molecule has 0 aromatic carbocycles. The minimum atomic E-state index is -1.56. The number of hydrogen-bond acceptors (Lipinski definition) is 5. The number of carboxylic acid groups (broad SMARTS) is 1. The molecular weight excluding hydrogens is 212 g/mol. The minimum Gasteiger partial charge on any atom is -0.547 e. The molecule has 1 N–H and O–H groups in total. The van der Waals surface area contributed by atoms with E-state index in [0.29, 0.717) is 0 Å². The van der Waals surface area contributed by atoms with Crippen molar-refractivity contribution >= 4 is 6.16 Å². The van der Waals surface area contributed by atoms with Gasteiger partial charge in [0, 0.05) is 0 Å². The summed E-state index contributed by atoms with van der Waals surface area (Å²) >= 11 is 0. The first-order valence-corrected chi connectivity index (χ1v) is 4.77. The van der Waals surface area contributed by atoms with Crippen LogP contribution in [0.25, 0.3) is 0 Å².